The lowest BCUT2D eigenvalue weighted by Gasteiger charge is -2.14. The van der Waals surface area contributed by atoms with Gasteiger partial charge in [0.25, 0.3) is 0 Å². The molecule has 1 amide bonds. The average molecular weight is 294 g/mol. The predicted octanol–water partition coefficient (Wildman–Crippen LogP) is 3.44. The summed E-state index contributed by atoms with van der Waals surface area (Å²) in [6.07, 6.45) is 4.35. The molecule has 0 saturated heterocycles. The Morgan fingerprint density at radius 2 is 1.67 bits per heavy atom. The molecule has 0 aromatic heterocycles. The van der Waals surface area contributed by atoms with Gasteiger partial charge in [0.2, 0.25) is 11.7 Å². The summed E-state index contributed by atoms with van der Waals surface area (Å²) in [5.41, 5.74) is 0.631. The Balaban J connectivity index is 2.72. The van der Waals surface area contributed by atoms with Crippen LogP contribution in [0.25, 0.3) is 0 Å². The van der Waals surface area contributed by atoms with Gasteiger partial charge in [-0.15, -0.1) is 0 Å². The molecule has 0 aliphatic rings. The molecule has 1 aromatic carbocycles. The molecule has 1 radical (unpaired) electrons. The number of rotatable bonds is 9. The number of nitrogens with one attached hydrogen (secondary N) is 1. The Bertz CT molecular complexity index is 435. The SMILES string of the molecule is [CH2]CCCCCC(=O)Nc1cc(OC)c(OC)c(OC)c1. The van der Waals surface area contributed by atoms with Gasteiger partial charge in [-0.2, -0.15) is 0 Å². The summed E-state index contributed by atoms with van der Waals surface area (Å²) in [6.45, 7) is 3.78. The predicted molar refractivity (Wildman–Crippen MR) is 83.2 cm³/mol. The Hall–Kier alpha value is -1.91. The molecule has 0 aliphatic heterocycles. The van der Waals surface area contributed by atoms with E-state index in [1.807, 2.05) is 0 Å². The summed E-state index contributed by atoms with van der Waals surface area (Å²) in [6, 6.07) is 3.43. The molecular weight excluding hydrogens is 270 g/mol. The molecule has 0 heterocycles. The van der Waals surface area contributed by atoms with Crippen LogP contribution in [0.2, 0.25) is 0 Å². The van der Waals surface area contributed by atoms with E-state index in [-0.39, 0.29) is 5.91 Å². The molecule has 0 unspecified atom stereocenters. The summed E-state index contributed by atoms with van der Waals surface area (Å²) in [4.78, 5) is 11.9. The van der Waals surface area contributed by atoms with E-state index in [9.17, 15) is 4.79 Å². The van der Waals surface area contributed by atoms with Crippen molar-refractivity contribution in [2.75, 3.05) is 26.6 Å². The van der Waals surface area contributed by atoms with Crippen molar-refractivity contribution in [2.45, 2.75) is 32.1 Å². The maximum absolute atomic E-state index is 11.9. The van der Waals surface area contributed by atoms with E-state index >= 15 is 0 Å². The minimum Gasteiger partial charge on any atom is -0.493 e. The van der Waals surface area contributed by atoms with E-state index in [2.05, 4.69) is 12.2 Å². The number of anilines is 1. The minimum atomic E-state index is -0.0201. The zero-order valence-corrected chi connectivity index (χ0v) is 13.0. The van der Waals surface area contributed by atoms with Crippen LogP contribution < -0.4 is 19.5 Å². The van der Waals surface area contributed by atoms with Crippen molar-refractivity contribution >= 4 is 11.6 Å². The number of hydrogen-bond acceptors (Lipinski definition) is 4. The molecule has 0 bridgehead atoms. The molecule has 0 aliphatic carbocycles. The molecule has 0 fully saturated rings. The quantitative estimate of drug-likeness (QED) is 0.709. The third-order valence-electron chi connectivity index (χ3n) is 3.10. The zero-order valence-electron chi connectivity index (χ0n) is 13.0. The van der Waals surface area contributed by atoms with Gasteiger partial charge in [-0.3, -0.25) is 4.79 Å². The van der Waals surface area contributed by atoms with Crippen molar-refractivity contribution in [3.05, 3.63) is 19.1 Å². The van der Waals surface area contributed by atoms with Crippen molar-refractivity contribution < 1.29 is 19.0 Å². The van der Waals surface area contributed by atoms with Crippen LogP contribution in [0, 0.1) is 6.92 Å². The van der Waals surface area contributed by atoms with Crippen LogP contribution in [0.5, 0.6) is 17.2 Å². The van der Waals surface area contributed by atoms with E-state index in [0.29, 0.717) is 29.4 Å². The smallest absolute Gasteiger partial charge is 0.224 e. The fourth-order valence-corrected chi connectivity index (χ4v) is 2.02. The van der Waals surface area contributed by atoms with Crippen molar-refractivity contribution in [2.24, 2.45) is 0 Å². The standard InChI is InChI=1S/C16H24NO4/c1-5-6-7-8-9-15(18)17-12-10-13(19-2)16(21-4)14(11-12)20-3/h10-11H,1,5-9H2,2-4H3,(H,17,18). The molecule has 117 valence electrons. The lowest BCUT2D eigenvalue weighted by atomic mass is 10.1. The summed E-state index contributed by atoms with van der Waals surface area (Å²) in [5, 5.41) is 2.85. The number of carbonyl (C=O) groups excluding carboxylic acids is 1. The van der Waals surface area contributed by atoms with Gasteiger partial charge in [0.05, 0.1) is 21.3 Å². The number of benzene rings is 1. The Labute approximate surface area is 126 Å². The lowest BCUT2D eigenvalue weighted by Crippen LogP contribution is -2.11. The molecule has 0 spiro atoms. The Morgan fingerprint density at radius 1 is 1.05 bits per heavy atom. The zero-order chi connectivity index (χ0) is 15.7. The first-order chi connectivity index (χ1) is 10.2. The molecule has 0 saturated carbocycles. The van der Waals surface area contributed by atoms with Gasteiger partial charge in [0, 0.05) is 24.2 Å². The lowest BCUT2D eigenvalue weighted by molar-refractivity contribution is -0.116. The first-order valence-corrected chi connectivity index (χ1v) is 7.05. The molecule has 21 heavy (non-hydrogen) atoms. The normalized spacial score (nSPS) is 10.1. The first kappa shape index (κ1) is 17.1. The highest BCUT2D eigenvalue weighted by molar-refractivity contribution is 5.91. The summed E-state index contributed by atoms with van der Waals surface area (Å²) >= 11 is 0. The first-order valence-electron chi connectivity index (χ1n) is 7.05. The maximum atomic E-state index is 11.9. The van der Waals surface area contributed by atoms with E-state index in [4.69, 9.17) is 14.2 Å². The van der Waals surface area contributed by atoms with E-state index < -0.39 is 0 Å². The van der Waals surface area contributed by atoms with Crippen LogP contribution in [0.1, 0.15) is 32.1 Å². The van der Waals surface area contributed by atoms with Crippen molar-refractivity contribution in [3.8, 4) is 17.2 Å². The van der Waals surface area contributed by atoms with Crippen molar-refractivity contribution in [1.82, 2.24) is 0 Å². The number of carbonyl (C=O) groups is 1. The number of ether oxygens (including phenoxy) is 3. The number of hydrogen-bond donors (Lipinski definition) is 1. The molecule has 1 rings (SSSR count). The van der Waals surface area contributed by atoms with E-state index in [0.717, 1.165) is 25.7 Å². The van der Waals surface area contributed by atoms with Crippen LogP contribution in [-0.4, -0.2) is 27.2 Å². The van der Waals surface area contributed by atoms with E-state index in [1.54, 1.807) is 33.5 Å². The van der Waals surface area contributed by atoms with Gasteiger partial charge >= 0.3 is 0 Å². The molecule has 5 heteroatoms. The molecular formula is C16H24NO4. The Kier molecular flexibility index (Phi) is 7.43. The van der Waals surface area contributed by atoms with E-state index in [1.165, 1.54) is 0 Å². The van der Waals surface area contributed by atoms with Gasteiger partial charge in [-0.25, -0.2) is 0 Å². The Morgan fingerprint density at radius 3 is 2.14 bits per heavy atom. The molecule has 5 nitrogen and oxygen atoms in total. The van der Waals surface area contributed by atoms with Gasteiger partial charge in [0.15, 0.2) is 11.5 Å². The van der Waals surface area contributed by atoms with Gasteiger partial charge in [-0.05, 0) is 6.42 Å². The third kappa shape index (κ3) is 5.17. The number of methoxy groups -OCH3 is 3. The second-order valence-corrected chi connectivity index (χ2v) is 4.63. The largest absolute Gasteiger partial charge is 0.493 e. The van der Waals surface area contributed by atoms with Gasteiger partial charge in [0.1, 0.15) is 0 Å². The summed E-state index contributed by atoms with van der Waals surface area (Å²) in [7, 11) is 4.63. The molecule has 0 atom stereocenters. The fourth-order valence-electron chi connectivity index (χ4n) is 2.02. The van der Waals surface area contributed by atoms with Crippen molar-refractivity contribution in [3.63, 3.8) is 0 Å². The fraction of sp³-hybridized carbons (Fsp3) is 0.500. The van der Waals surface area contributed by atoms with Gasteiger partial charge < -0.3 is 19.5 Å². The van der Waals surface area contributed by atoms with Crippen LogP contribution in [0.15, 0.2) is 12.1 Å². The number of amides is 1. The number of unbranched alkanes of at least 4 members (excludes halogenated alkanes) is 3. The van der Waals surface area contributed by atoms with Gasteiger partial charge in [-0.1, -0.05) is 26.2 Å². The van der Waals surface area contributed by atoms with Crippen LogP contribution in [-0.2, 0) is 4.79 Å². The minimum absolute atomic E-state index is 0.0201. The molecule has 1 N–H and O–H groups in total. The van der Waals surface area contributed by atoms with Crippen LogP contribution in [0.3, 0.4) is 0 Å². The topological polar surface area (TPSA) is 56.8 Å². The average Bonchev–Trinajstić information content (AvgIpc) is 2.50. The second kappa shape index (κ2) is 9.10. The van der Waals surface area contributed by atoms with Crippen LogP contribution in [0.4, 0.5) is 5.69 Å². The monoisotopic (exact) mass is 294 g/mol. The summed E-state index contributed by atoms with van der Waals surface area (Å²) in [5.74, 6) is 1.52. The third-order valence-corrected chi connectivity index (χ3v) is 3.10. The summed E-state index contributed by atoms with van der Waals surface area (Å²) < 4.78 is 15.7. The maximum Gasteiger partial charge on any atom is 0.224 e. The highest BCUT2D eigenvalue weighted by Gasteiger charge is 2.14. The molecule has 1 aromatic rings. The second-order valence-electron chi connectivity index (χ2n) is 4.63. The van der Waals surface area contributed by atoms with Crippen LogP contribution >= 0.6 is 0 Å². The highest BCUT2D eigenvalue weighted by Crippen LogP contribution is 2.39. The van der Waals surface area contributed by atoms with Crippen molar-refractivity contribution in [1.29, 1.82) is 0 Å². The highest BCUT2D eigenvalue weighted by atomic mass is 16.5.